The van der Waals surface area contributed by atoms with Gasteiger partial charge in [-0.3, -0.25) is 0 Å². The van der Waals surface area contributed by atoms with Crippen LogP contribution >= 0.6 is 0 Å². The van der Waals surface area contributed by atoms with E-state index in [9.17, 15) is 0 Å². The van der Waals surface area contributed by atoms with Gasteiger partial charge in [0, 0.05) is 0 Å². The van der Waals surface area contributed by atoms with Crippen LogP contribution in [0.1, 0.15) is 103 Å². The Labute approximate surface area is 293 Å². The van der Waals surface area contributed by atoms with E-state index in [4.69, 9.17) is 0 Å². The first kappa shape index (κ1) is 34.0. The Morgan fingerprint density at radius 2 is 1.23 bits per heavy atom. The van der Waals surface area contributed by atoms with Gasteiger partial charge in [0.05, 0.1) is 0 Å². The predicted octanol–water partition coefficient (Wildman–Crippen LogP) is 11.3. The van der Waals surface area contributed by atoms with E-state index in [1.807, 2.05) is 0 Å². The number of hydrogen-bond donors (Lipinski definition) is 0. The molecule has 1 heteroatoms. The molecule has 0 heterocycles. The minimum atomic E-state index is -2.78. The summed E-state index contributed by atoms with van der Waals surface area (Å²) in [7, 11) is 0. The van der Waals surface area contributed by atoms with Crippen LogP contribution in [-0.4, -0.2) is 3.21 Å². The molecule has 242 valence electrons. The van der Waals surface area contributed by atoms with E-state index in [1.165, 1.54) is 39.0 Å². The normalized spacial score (nSPS) is 16.0. The maximum absolute atomic E-state index is 2.78. The van der Waals surface area contributed by atoms with Crippen molar-refractivity contribution in [2.24, 2.45) is 11.3 Å². The zero-order valence-electron chi connectivity index (χ0n) is 30.5. The Bertz CT molecular complexity index is 1830. The molecule has 0 saturated carbocycles. The van der Waals surface area contributed by atoms with Gasteiger partial charge in [-0.25, -0.2) is 0 Å². The van der Waals surface area contributed by atoms with Gasteiger partial charge >= 0.3 is 295 Å². The summed E-state index contributed by atoms with van der Waals surface area (Å²) in [6.07, 6.45) is 8.43. The van der Waals surface area contributed by atoms with Crippen molar-refractivity contribution >= 4 is 6.48 Å². The SMILES string of the molecule is CC1C=C(C(C)(C)C)C=[C]1[Zr](=[C](Cc1ccccc1)Cc1ccccc1)[c]1c(C(C)(C)C)ccc2c1Cc1cc(C(C)(C)C)ccc1-2. The molecule has 0 fully saturated rings. The molecule has 0 bridgehead atoms. The summed E-state index contributed by atoms with van der Waals surface area (Å²) in [5.41, 5.74) is 13.8. The van der Waals surface area contributed by atoms with Crippen molar-refractivity contribution in [3.05, 3.63) is 145 Å². The van der Waals surface area contributed by atoms with E-state index < -0.39 is 21.3 Å². The number of hydrogen-bond acceptors (Lipinski definition) is 0. The molecule has 0 nitrogen and oxygen atoms in total. The van der Waals surface area contributed by atoms with Crippen LogP contribution in [0.25, 0.3) is 11.1 Å². The fourth-order valence-corrected chi connectivity index (χ4v) is 17.2. The number of fused-ring (bicyclic) bond motifs is 3. The Hall–Kier alpha value is -2.89. The molecule has 0 saturated heterocycles. The summed E-state index contributed by atoms with van der Waals surface area (Å²) < 4.78 is 5.30. The summed E-state index contributed by atoms with van der Waals surface area (Å²) in [4.78, 5) is 0. The van der Waals surface area contributed by atoms with Crippen LogP contribution in [0, 0.1) is 11.3 Å². The molecule has 2 aliphatic rings. The van der Waals surface area contributed by atoms with Gasteiger partial charge < -0.3 is 0 Å². The molecule has 6 rings (SSSR count). The number of allylic oxidation sites excluding steroid dienone is 4. The van der Waals surface area contributed by atoms with Crippen molar-refractivity contribution in [3.8, 4) is 11.1 Å². The minimum absolute atomic E-state index is 0.0504. The van der Waals surface area contributed by atoms with Gasteiger partial charge in [-0.1, -0.05) is 0 Å². The molecular formula is C46H54Zr. The Balaban J connectivity index is 1.69. The van der Waals surface area contributed by atoms with Crippen LogP contribution in [0.2, 0.25) is 0 Å². The number of benzene rings is 4. The molecule has 0 aromatic heterocycles. The van der Waals surface area contributed by atoms with Crippen LogP contribution in [-0.2, 0) is 51.4 Å². The average Bonchev–Trinajstić information content (AvgIpc) is 3.58. The van der Waals surface area contributed by atoms with Gasteiger partial charge in [0.15, 0.2) is 0 Å². The van der Waals surface area contributed by atoms with Gasteiger partial charge in [-0.2, -0.15) is 0 Å². The van der Waals surface area contributed by atoms with E-state index in [2.05, 4.69) is 172 Å². The summed E-state index contributed by atoms with van der Waals surface area (Å²) in [6, 6.07) is 34.9. The van der Waals surface area contributed by atoms with Crippen molar-refractivity contribution in [3.63, 3.8) is 0 Å². The van der Waals surface area contributed by atoms with Crippen LogP contribution in [0.3, 0.4) is 0 Å². The molecule has 1 unspecified atom stereocenters. The van der Waals surface area contributed by atoms with Gasteiger partial charge in [-0.05, 0) is 0 Å². The van der Waals surface area contributed by atoms with Gasteiger partial charge in [-0.15, -0.1) is 0 Å². The molecular weight excluding hydrogens is 644 g/mol. The Morgan fingerprint density at radius 3 is 1.74 bits per heavy atom. The van der Waals surface area contributed by atoms with E-state index in [1.54, 1.807) is 20.9 Å². The molecule has 0 N–H and O–H groups in total. The molecule has 2 aliphatic carbocycles. The Morgan fingerprint density at radius 1 is 0.660 bits per heavy atom. The quantitative estimate of drug-likeness (QED) is 0.166. The second kappa shape index (κ2) is 12.9. The third-order valence-electron chi connectivity index (χ3n) is 10.3. The second-order valence-corrected chi connectivity index (χ2v) is 23.4. The molecule has 1 atom stereocenters. The fourth-order valence-electron chi connectivity index (χ4n) is 7.58. The molecule has 0 radical (unpaired) electrons. The van der Waals surface area contributed by atoms with Crippen LogP contribution in [0.4, 0.5) is 0 Å². The first-order valence-corrected chi connectivity index (χ1v) is 21.3. The third-order valence-corrected chi connectivity index (χ3v) is 18.4. The monoisotopic (exact) mass is 696 g/mol. The van der Waals surface area contributed by atoms with E-state index in [0.29, 0.717) is 5.92 Å². The summed E-state index contributed by atoms with van der Waals surface area (Å²) in [5, 5.41) is 0. The van der Waals surface area contributed by atoms with E-state index in [-0.39, 0.29) is 16.2 Å². The van der Waals surface area contributed by atoms with Crippen molar-refractivity contribution in [2.45, 2.75) is 99.3 Å². The predicted molar refractivity (Wildman–Crippen MR) is 202 cm³/mol. The first-order chi connectivity index (χ1) is 22.1. The molecule has 0 spiro atoms. The molecule has 4 aromatic rings. The maximum atomic E-state index is 2.68. The van der Waals surface area contributed by atoms with E-state index >= 15 is 0 Å². The summed E-state index contributed by atoms with van der Waals surface area (Å²) in [6.45, 7) is 24.0. The fraction of sp³-hybridized carbons (Fsp3) is 0.370. The number of rotatable bonds is 6. The zero-order valence-corrected chi connectivity index (χ0v) is 33.0. The van der Waals surface area contributed by atoms with E-state index in [0.717, 1.165) is 19.3 Å². The van der Waals surface area contributed by atoms with Crippen LogP contribution in [0.15, 0.2) is 112 Å². The van der Waals surface area contributed by atoms with Crippen molar-refractivity contribution in [1.82, 2.24) is 0 Å². The van der Waals surface area contributed by atoms with Crippen LogP contribution in [0.5, 0.6) is 0 Å². The van der Waals surface area contributed by atoms with Gasteiger partial charge in [0.25, 0.3) is 0 Å². The zero-order chi connectivity index (χ0) is 33.7. The molecule has 4 aromatic carbocycles. The van der Waals surface area contributed by atoms with Gasteiger partial charge in [0.2, 0.25) is 0 Å². The van der Waals surface area contributed by atoms with Crippen molar-refractivity contribution < 1.29 is 21.3 Å². The average molecular weight is 698 g/mol. The molecule has 47 heavy (non-hydrogen) atoms. The first-order valence-electron chi connectivity index (χ1n) is 17.7. The summed E-state index contributed by atoms with van der Waals surface area (Å²) >= 11 is -2.78. The Kier molecular flexibility index (Phi) is 9.30. The molecule has 0 amide bonds. The molecule has 0 aliphatic heterocycles. The summed E-state index contributed by atoms with van der Waals surface area (Å²) in [5.74, 6) is 0.458. The van der Waals surface area contributed by atoms with Crippen LogP contribution < -0.4 is 3.27 Å². The van der Waals surface area contributed by atoms with Crippen molar-refractivity contribution in [1.29, 1.82) is 0 Å². The third kappa shape index (κ3) is 7.13. The van der Waals surface area contributed by atoms with Crippen molar-refractivity contribution in [2.75, 3.05) is 0 Å². The topological polar surface area (TPSA) is 0 Å². The second-order valence-electron chi connectivity index (χ2n) is 17.1. The van der Waals surface area contributed by atoms with Gasteiger partial charge in [0.1, 0.15) is 0 Å². The standard InChI is InChI=1S/C21H25.C15H14.C10H15.Zr/c1-20(2,3)16-7-9-18-14(12-16)11-15-13-17(21(4,5)6)8-10-19(15)18;1-3-8-14(9-4-1)12-7-13-15-10-5-2-6-11-15;1-8-5-6-9(7-8)10(2,3)4;/h7-10,12H,11H2,1-6H3;1-6,8-11H,12-13H2;6-8H,1-4H3;.